The van der Waals surface area contributed by atoms with E-state index < -0.39 is 0 Å². The molecule has 11 rings (SSSR count). The fourth-order valence-corrected chi connectivity index (χ4v) is 9.04. The lowest BCUT2D eigenvalue weighted by atomic mass is 9.74. The summed E-state index contributed by atoms with van der Waals surface area (Å²) in [5.41, 5.74) is 14.2. The summed E-state index contributed by atoms with van der Waals surface area (Å²) < 4.78 is 13.2. The summed E-state index contributed by atoms with van der Waals surface area (Å²) in [4.78, 5) is 10.5. The van der Waals surface area contributed by atoms with Crippen LogP contribution >= 0.6 is 0 Å². The monoisotopic (exact) mass is 682 g/mol. The van der Waals surface area contributed by atoms with Gasteiger partial charge in [-0.05, 0) is 75.0 Å². The fourth-order valence-electron chi connectivity index (χ4n) is 9.04. The summed E-state index contributed by atoms with van der Waals surface area (Å²) in [7, 11) is 0. The van der Waals surface area contributed by atoms with Crippen molar-refractivity contribution in [2.75, 3.05) is 0 Å². The van der Waals surface area contributed by atoms with Crippen LogP contribution in [-0.4, -0.2) is 9.97 Å². The zero-order valence-electron chi connectivity index (χ0n) is 29.4. The topological polar surface area (TPSA) is 52.1 Å². The molecule has 53 heavy (non-hydrogen) atoms. The minimum Gasteiger partial charge on any atom is -0.456 e. The van der Waals surface area contributed by atoms with Crippen molar-refractivity contribution in [3.05, 3.63) is 169 Å². The highest BCUT2D eigenvalue weighted by Crippen LogP contribution is 2.55. The maximum atomic E-state index is 6.67. The first-order chi connectivity index (χ1) is 26.0. The molecule has 0 radical (unpaired) electrons. The lowest BCUT2D eigenvalue weighted by Gasteiger charge is -2.29. The van der Waals surface area contributed by atoms with Crippen LogP contribution in [0.3, 0.4) is 0 Å². The number of aromatic nitrogens is 2. The summed E-state index contributed by atoms with van der Waals surface area (Å²) in [5, 5.41) is 3.00. The molecule has 2 atom stereocenters. The van der Waals surface area contributed by atoms with Gasteiger partial charge in [0, 0.05) is 33.2 Å². The van der Waals surface area contributed by atoms with Crippen LogP contribution in [0.15, 0.2) is 167 Å². The number of fused-ring (bicyclic) bond motifs is 9. The van der Waals surface area contributed by atoms with E-state index in [2.05, 4.69) is 129 Å². The van der Waals surface area contributed by atoms with Crippen LogP contribution in [-0.2, 0) is 5.41 Å². The number of furan rings is 2. The molecule has 2 aliphatic rings. The molecule has 0 amide bonds. The molecule has 6 aromatic carbocycles. The van der Waals surface area contributed by atoms with Gasteiger partial charge in [-0.15, -0.1) is 0 Å². The predicted octanol–water partition coefficient (Wildman–Crippen LogP) is 13.1. The smallest absolute Gasteiger partial charge is 0.180 e. The molecule has 0 fully saturated rings. The fraction of sp³-hybridized carbons (Fsp3) is 0.102. The first kappa shape index (κ1) is 30.1. The van der Waals surface area contributed by atoms with Gasteiger partial charge >= 0.3 is 0 Å². The van der Waals surface area contributed by atoms with E-state index in [1.165, 1.54) is 16.7 Å². The van der Waals surface area contributed by atoms with Crippen LogP contribution in [0.2, 0.25) is 0 Å². The van der Waals surface area contributed by atoms with Gasteiger partial charge in [0.25, 0.3) is 0 Å². The molecule has 0 N–H and O–H groups in total. The lowest BCUT2D eigenvalue weighted by Crippen LogP contribution is -2.24. The van der Waals surface area contributed by atoms with Crippen molar-refractivity contribution in [3.8, 4) is 44.9 Å². The predicted molar refractivity (Wildman–Crippen MR) is 216 cm³/mol. The Hall–Kier alpha value is -6.52. The maximum absolute atomic E-state index is 6.67. The number of hydrogen-bond acceptors (Lipinski definition) is 4. The van der Waals surface area contributed by atoms with Crippen molar-refractivity contribution in [3.63, 3.8) is 0 Å². The maximum Gasteiger partial charge on any atom is 0.180 e. The Labute approximate surface area is 306 Å². The Morgan fingerprint density at radius 3 is 2.15 bits per heavy atom. The molecular weight excluding hydrogens is 649 g/mol. The molecule has 2 unspecified atom stereocenters. The number of nitrogens with zero attached hydrogens (tertiary/aromatic N) is 2. The third-order valence-electron chi connectivity index (χ3n) is 11.6. The van der Waals surface area contributed by atoms with Gasteiger partial charge in [0.2, 0.25) is 0 Å². The van der Waals surface area contributed by atoms with Gasteiger partial charge in [-0.1, -0.05) is 141 Å². The zero-order chi connectivity index (χ0) is 35.3. The molecule has 3 aromatic heterocycles. The second-order valence-electron chi connectivity index (χ2n) is 14.9. The van der Waals surface area contributed by atoms with Gasteiger partial charge in [0.05, 0.1) is 0 Å². The third kappa shape index (κ3) is 4.48. The van der Waals surface area contributed by atoms with Crippen molar-refractivity contribution < 1.29 is 8.83 Å². The van der Waals surface area contributed by atoms with Crippen molar-refractivity contribution in [1.82, 2.24) is 9.97 Å². The number of rotatable bonds is 4. The number of benzene rings is 6. The van der Waals surface area contributed by atoms with Crippen LogP contribution in [0, 0.1) is 5.92 Å². The molecule has 2 aliphatic carbocycles. The molecule has 4 nitrogen and oxygen atoms in total. The van der Waals surface area contributed by atoms with E-state index in [0.29, 0.717) is 23.2 Å². The van der Waals surface area contributed by atoms with Crippen molar-refractivity contribution in [2.45, 2.75) is 25.2 Å². The molecule has 252 valence electrons. The van der Waals surface area contributed by atoms with E-state index >= 15 is 0 Å². The Morgan fingerprint density at radius 1 is 0.547 bits per heavy atom. The van der Waals surface area contributed by atoms with E-state index in [9.17, 15) is 0 Å². The summed E-state index contributed by atoms with van der Waals surface area (Å²) >= 11 is 0. The molecule has 0 aliphatic heterocycles. The summed E-state index contributed by atoms with van der Waals surface area (Å²) in [5.74, 6) is 1.43. The van der Waals surface area contributed by atoms with E-state index in [1.54, 1.807) is 0 Å². The Bertz CT molecular complexity index is 2980. The lowest BCUT2D eigenvalue weighted by molar-refractivity contribution is 0.394. The molecule has 9 aromatic rings. The van der Waals surface area contributed by atoms with Gasteiger partial charge in [-0.2, -0.15) is 0 Å². The van der Waals surface area contributed by atoms with Gasteiger partial charge in [-0.3, -0.25) is 0 Å². The average molecular weight is 683 g/mol. The van der Waals surface area contributed by atoms with Crippen LogP contribution in [0.5, 0.6) is 0 Å². The van der Waals surface area contributed by atoms with Gasteiger partial charge in [0.1, 0.15) is 28.0 Å². The minimum atomic E-state index is 0.0543. The molecule has 0 bridgehead atoms. The SMILES string of the molecule is CC1(C)c2cccc(-c3ccc4c(c3)oc3cccc(-c5nc(-c6ccccc6)c6oc7ccc(-c8ccccc8)cc7c6n5)c34)c2C2C=CC=CC21. The van der Waals surface area contributed by atoms with Gasteiger partial charge in [-0.25, -0.2) is 9.97 Å². The first-order valence-electron chi connectivity index (χ1n) is 18.3. The summed E-state index contributed by atoms with van der Waals surface area (Å²) in [6.45, 7) is 4.76. The second-order valence-corrected chi connectivity index (χ2v) is 14.9. The molecule has 0 saturated carbocycles. The van der Waals surface area contributed by atoms with Crippen LogP contribution in [0.1, 0.15) is 30.9 Å². The second kappa shape index (κ2) is 11.2. The highest BCUT2D eigenvalue weighted by Gasteiger charge is 2.45. The first-order valence-corrected chi connectivity index (χ1v) is 18.3. The van der Waals surface area contributed by atoms with Crippen LogP contribution in [0.25, 0.3) is 88.9 Å². The van der Waals surface area contributed by atoms with Crippen molar-refractivity contribution in [2.24, 2.45) is 5.92 Å². The highest BCUT2D eigenvalue weighted by atomic mass is 16.3. The van der Waals surface area contributed by atoms with Gasteiger partial charge in [0.15, 0.2) is 11.4 Å². The van der Waals surface area contributed by atoms with E-state index in [-0.39, 0.29) is 5.41 Å². The number of allylic oxidation sites excluding steroid dienone is 4. The molecule has 0 spiro atoms. The molecule has 4 heteroatoms. The van der Waals surface area contributed by atoms with E-state index in [1.807, 2.05) is 42.5 Å². The highest BCUT2D eigenvalue weighted by molar-refractivity contribution is 6.14. The van der Waals surface area contributed by atoms with Gasteiger partial charge < -0.3 is 8.83 Å². The summed E-state index contributed by atoms with van der Waals surface area (Å²) in [6.07, 6.45) is 9.16. The van der Waals surface area contributed by atoms with Crippen molar-refractivity contribution in [1.29, 1.82) is 0 Å². The molecule has 0 saturated heterocycles. The standard InChI is InChI=1S/C49H34N2O2/c1-49(2)38-20-10-9-17-34(38)43-33(18-11-21-39(43)49)32-23-25-35-42(28-32)52-41-22-12-19-36(44(35)41)48-50-45(30-15-7-4-8-16-30)47-46(51-48)37-27-31(24-26-40(37)53-47)29-13-5-3-6-14-29/h3-28,34,38H,1-2H3. The quantitative estimate of drug-likeness (QED) is 0.185. The Kier molecular flexibility index (Phi) is 6.39. The molecule has 3 heterocycles. The van der Waals surface area contributed by atoms with E-state index in [0.717, 1.165) is 71.9 Å². The normalized spacial score (nSPS) is 17.2. The van der Waals surface area contributed by atoms with Crippen molar-refractivity contribution >= 4 is 44.0 Å². The average Bonchev–Trinajstić information content (AvgIpc) is 3.85. The van der Waals surface area contributed by atoms with Crippen LogP contribution < -0.4 is 0 Å². The largest absolute Gasteiger partial charge is 0.456 e. The summed E-state index contributed by atoms with van der Waals surface area (Å²) in [6, 6.07) is 46.6. The Balaban J connectivity index is 1.11. The molecular formula is C49H34N2O2. The van der Waals surface area contributed by atoms with E-state index in [4.69, 9.17) is 18.8 Å². The minimum absolute atomic E-state index is 0.0543. The Morgan fingerprint density at radius 2 is 1.30 bits per heavy atom. The number of hydrogen-bond donors (Lipinski definition) is 0. The third-order valence-corrected chi connectivity index (χ3v) is 11.6. The van der Waals surface area contributed by atoms with Crippen LogP contribution in [0.4, 0.5) is 0 Å². The zero-order valence-corrected chi connectivity index (χ0v) is 29.4.